The van der Waals surface area contributed by atoms with Crippen molar-refractivity contribution in [2.24, 2.45) is 0 Å². The van der Waals surface area contributed by atoms with E-state index in [0.29, 0.717) is 6.54 Å². The van der Waals surface area contributed by atoms with Crippen molar-refractivity contribution in [1.82, 2.24) is 19.9 Å². The third-order valence-corrected chi connectivity index (χ3v) is 4.77. The average Bonchev–Trinajstić information content (AvgIpc) is 3.10. The van der Waals surface area contributed by atoms with Gasteiger partial charge in [0.05, 0.1) is 17.8 Å². The van der Waals surface area contributed by atoms with Crippen molar-refractivity contribution in [3.63, 3.8) is 0 Å². The van der Waals surface area contributed by atoms with Crippen molar-refractivity contribution in [3.8, 4) is 6.07 Å². The summed E-state index contributed by atoms with van der Waals surface area (Å²) >= 11 is 0. The van der Waals surface area contributed by atoms with Gasteiger partial charge in [-0.15, -0.1) is 0 Å². The minimum Gasteiger partial charge on any atom is -0.346 e. The number of amides is 1. The molecule has 24 heavy (non-hydrogen) atoms. The Hall–Kier alpha value is -2.94. The van der Waals surface area contributed by atoms with E-state index in [1.54, 1.807) is 6.20 Å². The van der Waals surface area contributed by atoms with Crippen molar-refractivity contribution >= 4 is 27.8 Å². The van der Waals surface area contributed by atoms with Crippen LogP contribution in [0.4, 0.5) is 0 Å². The second-order valence-electron chi connectivity index (χ2n) is 6.17. The third kappa shape index (κ3) is 2.38. The topological polar surface area (TPSA) is 85.7 Å². The molecule has 1 fully saturated rings. The number of hydrogen-bond acceptors (Lipinski definition) is 4. The number of carbonyl (C=O) groups excluding carboxylic acids is 1. The first kappa shape index (κ1) is 14.6. The van der Waals surface area contributed by atoms with Gasteiger partial charge in [-0.2, -0.15) is 5.26 Å². The van der Waals surface area contributed by atoms with Crippen LogP contribution in [0.2, 0.25) is 0 Å². The molecule has 3 aromatic heterocycles. The largest absolute Gasteiger partial charge is 0.346 e. The summed E-state index contributed by atoms with van der Waals surface area (Å²) in [4.78, 5) is 25.9. The highest BCUT2D eigenvalue weighted by molar-refractivity contribution is 6.05. The second kappa shape index (κ2) is 5.93. The zero-order chi connectivity index (χ0) is 16.5. The van der Waals surface area contributed by atoms with Gasteiger partial charge in [0.15, 0.2) is 0 Å². The molecule has 0 radical (unpaired) electrons. The first-order valence-corrected chi connectivity index (χ1v) is 8.13. The van der Waals surface area contributed by atoms with Gasteiger partial charge in [0, 0.05) is 42.2 Å². The van der Waals surface area contributed by atoms with Gasteiger partial charge in [-0.05, 0) is 30.5 Å². The quantitative estimate of drug-likeness (QED) is 0.787. The SMILES string of the molecule is N#CCC(=O)N1CCC[C@H](c2ccnc3cnc4[nH]ccc4c23)C1. The number of nitrogens with zero attached hydrogens (tertiary/aromatic N) is 4. The van der Waals surface area contributed by atoms with E-state index in [1.807, 2.05) is 29.4 Å². The smallest absolute Gasteiger partial charge is 0.236 e. The summed E-state index contributed by atoms with van der Waals surface area (Å²) in [6.07, 6.45) is 7.43. The molecule has 1 aliphatic heterocycles. The van der Waals surface area contributed by atoms with Crippen LogP contribution >= 0.6 is 0 Å². The van der Waals surface area contributed by atoms with Crippen LogP contribution in [0.5, 0.6) is 0 Å². The maximum atomic E-state index is 12.1. The normalized spacial score (nSPS) is 18.0. The van der Waals surface area contributed by atoms with Crippen LogP contribution < -0.4 is 0 Å². The molecule has 1 amide bonds. The first-order valence-electron chi connectivity index (χ1n) is 8.13. The molecule has 4 heterocycles. The van der Waals surface area contributed by atoms with Crippen molar-refractivity contribution in [3.05, 3.63) is 36.3 Å². The summed E-state index contributed by atoms with van der Waals surface area (Å²) in [5, 5.41) is 11.0. The van der Waals surface area contributed by atoms with E-state index in [9.17, 15) is 4.79 Å². The molecule has 0 unspecified atom stereocenters. The zero-order valence-corrected chi connectivity index (χ0v) is 13.2. The number of hydrogen-bond donors (Lipinski definition) is 1. The number of H-pyrrole nitrogens is 1. The lowest BCUT2D eigenvalue weighted by atomic mass is 9.88. The maximum absolute atomic E-state index is 12.1. The number of rotatable bonds is 2. The lowest BCUT2D eigenvalue weighted by Crippen LogP contribution is -2.38. The molecule has 1 saturated heterocycles. The Bertz CT molecular complexity index is 955. The predicted molar refractivity (Wildman–Crippen MR) is 90.2 cm³/mol. The van der Waals surface area contributed by atoms with E-state index in [4.69, 9.17) is 5.26 Å². The van der Waals surface area contributed by atoms with E-state index in [0.717, 1.165) is 41.3 Å². The molecule has 6 heteroatoms. The zero-order valence-electron chi connectivity index (χ0n) is 13.2. The van der Waals surface area contributed by atoms with Gasteiger partial charge >= 0.3 is 0 Å². The van der Waals surface area contributed by atoms with E-state index in [2.05, 4.69) is 21.0 Å². The number of pyridine rings is 2. The van der Waals surface area contributed by atoms with Crippen LogP contribution in [0.25, 0.3) is 21.9 Å². The monoisotopic (exact) mass is 319 g/mol. The molecular formula is C18H17N5O. The van der Waals surface area contributed by atoms with Crippen LogP contribution in [0.3, 0.4) is 0 Å². The standard InChI is InChI=1S/C18H17N5O/c19-6-3-16(24)23-9-1-2-12(11-23)13-4-7-20-15-10-22-18-14(17(13)15)5-8-21-18/h4-5,7-8,10,12H,1-3,9,11H2,(H,21,22)/t12-/m0/s1. The lowest BCUT2D eigenvalue weighted by molar-refractivity contribution is -0.131. The van der Waals surface area contributed by atoms with Crippen LogP contribution in [0.1, 0.15) is 30.7 Å². The Morgan fingerprint density at radius 2 is 2.33 bits per heavy atom. The van der Waals surface area contributed by atoms with Crippen LogP contribution in [0.15, 0.2) is 30.7 Å². The van der Waals surface area contributed by atoms with Crippen molar-refractivity contribution in [2.75, 3.05) is 13.1 Å². The molecule has 1 N–H and O–H groups in total. The first-order chi connectivity index (χ1) is 11.8. The molecule has 0 bridgehead atoms. The highest BCUT2D eigenvalue weighted by atomic mass is 16.2. The Morgan fingerprint density at radius 1 is 1.42 bits per heavy atom. The van der Waals surface area contributed by atoms with Crippen LogP contribution in [-0.2, 0) is 4.79 Å². The number of nitrogens with one attached hydrogen (secondary N) is 1. The molecule has 0 spiro atoms. The summed E-state index contributed by atoms with van der Waals surface area (Å²) in [5.41, 5.74) is 2.94. The Kier molecular flexibility index (Phi) is 3.62. The molecule has 1 atom stereocenters. The van der Waals surface area contributed by atoms with Crippen LogP contribution in [0, 0.1) is 11.3 Å². The number of piperidine rings is 1. The number of likely N-dealkylation sites (tertiary alicyclic amines) is 1. The minimum atomic E-state index is -0.0750. The third-order valence-electron chi connectivity index (χ3n) is 4.77. The molecule has 1 aliphatic rings. The second-order valence-corrected chi connectivity index (χ2v) is 6.17. The molecule has 120 valence electrons. The summed E-state index contributed by atoms with van der Waals surface area (Å²) in [7, 11) is 0. The van der Waals surface area contributed by atoms with E-state index in [-0.39, 0.29) is 18.2 Å². The molecule has 3 aromatic rings. The highest BCUT2D eigenvalue weighted by Crippen LogP contribution is 2.34. The number of nitriles is 1. The Morgan fingerprint density at radius 3 is 3.21 bits per heavy atom. The van der Waals surface area contributed by atoms with E-state index >= 15 is 0 Å². The van der Waals surface area contributed by atoms with Crippen LogP contribution in [-0.4, -0.2) is 38.8 Å². The number of fused-ring (bicyclic) bond motifs is 3. The predicted octanol–water partition coefficient (Wildman–Crippen LogP) is 2.73. The maximum Gasteiger partial charge on any atom is 0.236 e. The lowest BCUT2D eigenvalue weighted by Gasteiger charge is -2.33. The Labute approximate surface area is 139 Å². The number of aromatic nitrogens is 3. The van der Waals surface area contributed by atoms with Gasteiger partial charge in [0.1, 0.15) is 12.1 Å². The number of aromatic amines is 1. The van der Waals surface area contributed by atoms with Gasteiger partial charge in [-0.25, -0.2) is 4.98 Å². The van der Waals surface area contributed by atoms with Crippen molar-refractivity contribution in [1.29, 1.82) is 5.26 Å². The highest BCUT2D eigenvalue weighted by Gasteiger charge is 2.26. The molecule has 0 aromatic carbocycles. The fraction of sp³-hybridized carbons (Fsp3) is 0.333. The van der Waals surface area contributed by atoms with Gasteiger partial charge in [-0.1, -0.05) is 0 Å². The molecule has 4 rings (SSSR count). The molecular weight excluding hydrogens is 302 g/mol. The van der Waals surface area contributed by atoms with Gasteiger partial charge in [-0.3, -0.25) is 9.78 Å². The summed E-state index contributed by atoms with van der Waals surface area (Å²) in [5.74, 6) is 0.182. The fourth-order valence-corrected chi connectivity index (χ4v) is 3.66. The minimum absolute atomic E-state index is 0.0458. The van der Waals surface area contributed by atoms with E-state index < -0.39 is 0 Å². The van der Waals surface area contributed by atoms with Gasteiger partial charge in [0.25, 0.3) is 0 Å². The molecule has 0 saturated carbocycles. The molecule has 0 aliphatic carbocycles. The van der Waals surface area contributed by atoms with Gasteiger partial charge < -0.3 is 9.88 Å². The molecule has 6 nitrogen and oxygen atoms in total. The van der Waals surface area contributed by atoms with Gasteiger partial charge in [0.2, 0.25) is 5.91 Å². The number of carbonyl (C=O) groups is 1. The van der Waals surface area contributed by atoms with E-state index in [1.165, 1.54) is 5.56 Å². The Balaban J connectivity index is 1.77. The van der Waals surface area contributed by atoms with Crippen molar-refractivity contribution < 1.29 is 4.79 Å². The summed E-state index contributed by atoms with van der Waals surface area (Å²) < 4.78 is 0. The fourth-order valence-electron chi connectivity index (χ4n) is 3.66. The summed E-state index contributed by atoms with van der Waals surface area (Å²) in [6, 6.07) is 6.03. The van der Waals surface area contributed by atoms with Crippen molar-refractivity contribution in [2.45, 2.75) is 25.2 Å². The average molecular weight is 319 g/mol. The summed E-state index contributed by atoms with van der Waals surface area (Å²) in [6.45, 7) is 1.40.